The molecule has 5 aromatic rings. The molecular weight excluding hydrogens is 669 g/mol. The monoisotopic (exact) mass is 696 g/mol. The van der Waals surface area contributed by atoms with Crippen molar-refractivity contribution in [3.05, 3.63) is 41.7 Å². The molecule has 4 N–H and O–H groups in total. The molecule has 244 valence electrons. The smallest absolute Gasteiger partial charge is 0.328 e. The normalized spacial score (nSPS) is 35.7. The highest BCUT2D eigenvalue weighted by atomic mass is 32.5. The van der Waals surface area contributed by atoms with Crippen molar-refractivity contribution >= 4 is 60.0 Å². The highest BCUT2D eigenvalue weighted by Crippen LogP contribution is 2.55. The van der Waals surface area contributed by atoms with Gasteiger partial charge in [-0.25, -0.2) is 33.7 Å². The van der Waals surface area contributed by atoms with E-state index in [0.29, 0.717) is 17.6 Å². The number of rotatable bonds is 2. The average molecular weight is 697 g/mol. The quantitative estimate of drug-likeness (QED) is 0.224. The van der Waals surface area contributed by atoms with Crippen molar-refractivity contribution in [1.29, 1.82) is 0 Å². The van der Waals surface area contributed by atoms with E-state index in [-0.39, 0.29) is 53.9 Å². The van der Waals surface area contributed by atoms with Gasteiger partial charge in [-0.2, -0.15) is 0 Å². The molecule has 2 bridgehead atoms. The summed E-state index contributed by atoms with van der Waals surface area (Å²) in [5, 5.41) is 0. The Morgan fingerprint density at radius 3 is 2.72 bits per heavy atom. The van der Waals surface area contributed by atoms with Crippen molar-refractivity contribution in [1.82, 2.24) is 43.4 Å². The van der Waals surface area contributed by atoms with Crippen molar-refractivity contribution in [3.63, 3.8) is 0 Å². The standard InChI is InChI=1S/C24H27FN10O8P2S/c1-44(37)39-5-11-4-13(34-9-30-16-19(26)28-8-29-20(16)34)12(11)6-40-45(38,46)41-7-14-15(25)18(43-44)23(42-14)35-10-31-17-21(35)32-24-27-2-3-33(24)22(17)36/h2-3,8-15,18,23H,4-7H2,1H3,(H,27,32)(H,38,46)(H2,26,28,29)/t11-,12-,13-,14-,15-,18-,23-,44+,45?/m1/s1. The molecule has 3 aliphatic rings. The third-order valence-electron chi connectivity index (χ3n) is 8.68. The van der Waals surface area contributed by atoms with Crippen LogP contribution in [-0.2, 0) is 39.2 Å². The van der Waals surface area contributed by atoms with Gasteiger partial charge in [0, 0.05) is 31.0 Å². The fourth-order valence-electron chi connectivity index (χ4n) is 6.30. The lowest BCUT2D eigenvalue weighted by Crippen LogP contribution is -2.43. The van der Waals surface area contributed by atoms with Gasteiger partial charge in [-0.1, -0.05) is 0 Å². The largest absolute Gasteiger partial charge is 0.382 e. The Bertz CT molecular complexity index is 2140. The minimum Gasteiger partial charge on any atom is -0.382 e. The van der Waals surface area contributed by atoms with Gasteiger partial charge in [0.2, 0.25) is 5.78 Å². The maximum atomic E-state index is 16.0. The van der Waals surface area contributed by atoms with E-state index in [1.54, 1.807) is 6.33 Å². The SMILES string of the molecule is C[P@]1(=O)OC[C@H]2C[C@@H](n3cnc4c(N)ncnc43)[C@@H]2COP(O)(=S)OC[C@H]2O[C@@H](n3cnc4c(=O)n5ccnc5[nH]c43)[C@H](O1)[C@@H]2F. The second kappa shape index (κ2) is 10.9. The summed E-state index contributed by atoms with van der Waals surface area (Å²) in [5.74, 6) is -0.0569. The summed E-state index contributed by atoms with van der Waals surface area (Å²) >= 11 is 5.26. The first kappa shape index (κ1) is 30.2. The first-order valence-electron chi connectivity index (χ1n) is 14.2. The molecule has 22 heteroatoms. The van der Waals surface area contributed by atoms with Crippen LogP contribution in [-0.4, -0.2) is 93.2 Å². The maximum absolute atomic E-state index is 16.0. The lowest BCUT2D eigenvalue weighted by Gasteiger charge is -2.45. The minimum atomic E-state index is -3.91. The van der Waals surface area contributed by atoms with Crippen molar-refractivity contribution in [2.45, 2.75) is 37.1 Å². The van der Waals surface area contributed by atoms with Gasteiger partial charge >= 0.3 is 14.3 Å². The number of aromatic nitrogens is 9. The van der Waals surface area contributed by atoms with E-state index in [1.807, 2.05) is 4.57 Å². The number of fused-ring (bicyclic) bond motifs is 6. The highest BCUT2D eigenvalue weighted by molar-refractivity contribution is 8.07. The number of nitrogens with two attached hydrogens (primary N) is 1. The molecule has 1 unspecified atom stereocenters. The molecule has 7 heterocycles. The Morgan fingerprint density at radius 2 is 1.87 bits per heavy atom. The topological polar surface area (TPSA) is 221 Å². The van der Waals surface area contributed by atoms with E-state index in [9.17, 15) is 14.3 Å². The van der Waals surface area contributed by atoms with Crippen LogP contribution in [0.4, 0.5) is 10.2 Å². The zero-order chi connectivity index (χ0) is 32.0. The Balaban J connectivity index is 1.10. The number of nitrogens with zero attached hydrogens (tertiary/aromatic N) is 8. The zero-order valence-electron chi connectivity index (χ0n) is 23.9. The fraction of sp³-hybridized carbons (Fsp3) is 0.500. The number of hydrogen-bond acceptors (Lipinski definition) is 14. The summed E-state index contributed by atoms with van der Waals surface area (Å²) in [6.45, 7) is -3.21. The third kappa shape index (κ3) is 4.99. The second-order valence-electron chi connectivity index (χ2n) is 11.4. The van der Waals surface area contributed by atoms with E-state index in [2.05, 4.69) is 29.9 Å². The summed E-state index contributed by atoms with van der Waals surface area (Å²) in [6.07, 6.45) is 1.67. The zero-order valence-corrected chi connectivity index (χ0v) is 26.5. The molecule has 1 saturated carbocycles. The molecule has 3 fully saturated rings. The lowest BCUT2D eigenvalue weighted by molar-refractivity contribution is -0.0453. The molecule has 18 nitrogen and oxygen atoms in total. The van der Waals surface area contributed by atoms with Crippen LogP contribution in [0.3, 0.4) is 0 Å². The Kier molecular flexibility index (Phi) is 7.17. The van der Waals surface area contributed by atoms with E-state index in [0.717, 1.165) is 0 Å². The molecule has 46 heavy (non-hydrogen) atoms. The minimum absolute atomic E-state index is 0.0327. The number of anilines is 1. The average Bonchev–Trinajstić information content (AvgIpc) is 3.79. The van der Waals surface area contributed by atoms with Crippen molar-refractivity contribution in [2.24, 2.45) is 11.8 Å². The fourth-order valence-corrected chi connectivity index (χ4v) is 8.62. The summed E-state index contributed by atoms with van der Waals surface area (Å²) in [7, 11) is -3.91. The summed E-state index contributed by atoms with van der Waals surface area (Å²) in [4.78, 5) is 47.8. The molecule has 5 aromatic heterocycles. The molecule has 0 amide bonds. The van der Waals surface area contributed by atoms with E-state index in [1.165, 1.54) is 40.7 Å². The first-order valence-corrected chi connectivity index (χ1v) is 18.7. The molecular formula is C24H27FN10O8P2S. The van der Waals surface area contributed by atoms with E-state index >= 15 is 4.39 Å². The van der Waals surface area contributed by atoms with Crippen LogP contribution in [0.1, 0.15) is 18.7 Å². The maximum Gasteiger partial charge on any atom is 0.328 e. The number of ether oxygens (including phenoxy) is 1. The number of H-pyrrole nitrogens is 1. The van der Waals surface area contributed by atoms with Crippen LogP contribution in [0.2, 0.25) is 0 Å². The number of imidazole rings is 3. The lowest BCUT2D eigenvalue weighted by atomic mass is 9.70. The van der Waals surface area contributed by atoms with Crippen molar-refractivity contribution in [2.75, 3.05) is 32.2 Å². The molecule has 2 saturated heterocycles. The summed E-state index contributed by atoms with van der Waals surface area (Å²) in [6, 6.07) is -0.203. The number of halogens is 1. The van der Waals surface area contributed by atoms with Crippen molar-refractivity contribution < 1.29 is 36.7 Å². The number of hydrogen-bond donors (Lipinski definition) is 3. The Morgan fingerprint density at radius 1 is 1.09 bits per heavy atom. The van der Waals surface area contributed by atoms with Gasteiger partial charge in [-0.3, -0.25) is 18.5 Å². The van der Waals surface area contributed by atoms with Crippen LogP contribution in [0.25, 0.3) is 28.1 Å². The van der Waals surface area contributed by atoms with Gasteiger partial charge in [0.15, 0.2) is 29.4 Å². The number of alkyl halides is 1. The molecule has 8 rings (SSSR count). The molecule has 9 atom stereocenters. The van der Waals surface area contributed by atoms with Gasteiger partial charge in [0.1, 0.15) is 29.7 Å². The highest BCUT2D eigenvalue weighted by Gasteiger charge is 2.52. The molecule has 1 aliphatic carbocycles. The van der Waals surface area contributed by atoms with Crippen molar-refractivity contribution in [3.8, 4) is 0 Å². The number of aromatic amines is 1. The van der Waals surface area contributed by atoms with Gasteiger partial charge in [0.05, 0.1) is 32.5 Å². The van der Waals surface area contributed by atoms with E-state index in [4.69, 9.17) is 40.4 Å². The Labute approximate surface area is 262 Å². The Hall–Kier alpha value is -3.19. The van der Waals surface area contributed by atoms with Crippen LogP contribution in [0, 0.1) is 11.8 Å². The predicted octanol–water partition coefficient (Wildman–Crippen LogP) is 1.70. The molecule has 0 spiro atoms. The molecule has 0 aromatic carbocycles. The van der Waals surface area contributed by atoms with Gasteiger partial charge in [-0.05, 0) is 24.1 Å². The van der Waals surface area contributed by atoms with E-state index < -0.39 is 51.1 Å². The molecule has 2 aliphatic heterocycles. The van der Waals surface area contributed by atoms with Crippen LogP contribution >= 0.6 is 14.3 Å². The molecule has 0 radical (unpaired) electrons. The third-order valence-corrected chi connectivity index (χ3v) is 11.5. The van der Waals surface area contributed by atoms with Crippen LogP contribution in [0.15, 0.2) is 36.2 Å². The van der Waals surface area contributed by atoms with Gasteiger partial charge in [0.25, 0.3) is 5.56 Å². The van der Waals surface area contributed by atoms with Crippen LogP contribution < -0.4 is 11.3 Å². The predicted molar refractivity (Wildman–Crippen MR) is 161 cm³/mol. The summed E-state index contributed by atoms with van der Waals surface area (Å²) in [5.41, 5.74) is 6.69. The number of nitrogens with one attached hydrogen (secondary N) is 1. The number of nitrogen functional groups attached to an aromatic ring is 1. The van der Waals surface area contributed by atoms with Crippen LogP contribution in [0.5, 0.6) is 0 Å². The first-order chi connectivity index (χ1) is 22.0. The second-order valence-corrected chi connectivity index (χ2v) is 16.3. The van der Waals surface area contributed by atoms with Gasteiger partial charge < -0.3 is 38.5 Å². The van der Waals surface area contributed by atoms with Gasteiger partial charge in [-0.15, -0.1) is 0 Å². The summed E-state index contributed by atoms with van der Waals surface area (Å²) < 4.78 is 63.2.